The van der Waals surface area contributed by atoms with Crippen LogP contribution in [0, 0.1) is 11.8 Å². The summed E-state index contributed by atoms with van der Waals surface area (Å²) in [5.74, 6) is -2.83. The average Bonchev–Trinajstić information content (AvgIpc) is 2.89. The highest BCUT2D eigenvalue weighted by Gasteiger charge is 2.34. The van der Waals surface area contributed by atoms with Gasteiger partial charge >= 0.3 is 12.1 Å². The first kappa shape index (κ1) is 32.5. The molecule has 1 unspecified atom stereocenters. The largest absolute Gasteiger partial charge is 0.460 e. The Kier molecular flexibility index (Phi) is 12.8. The van der Waals surface area contributed by atoms with Gasteiger partial charge in [0, 0.05) is 0 Å². The van der Waals surface area contributed by atoms with E-state index in [1.54, 1.807) is 20.8 Å². The number of rotatable bonds is 14. The molecular weight excluding hydrogens is 512 g/mol. The van der Waals surface area contributed by atoms with Gasteiger partial charge in [-0.25, -0.2) is 4.79 Å². The number of nitrogens with one attached hydrogen (secondary N) is 2. The lowest BCUT2D eigenvalue weighted by molar-refractivity contribution is -0.153. The fourth-order valence-corrected chi connectivity index (χ4v) is 3.76. The van der Waals surface area contributed by atoms with E-state index in [2.05, 4.69) is 10.6 Å². The van der Waals surface area contributed by atoms with Gasteiger partial charge in [0.05, 0.1) is 19.3 Å². The first-order valence-electron chi connectivity index (χ1n) is 13.5. The van der Waals surface area contributed by atoms with Crippen molar-refractivity contribution in [3.05, 3.63) is 71.8 Å². The van der Waals surface area contributed by atoms with Crippen molar-refractivity contribution in [1.82, 2.24) is 10.6 Å². The van der Waals surface area contributed by atoms with E-state index in [1.807, 2.05) is 74.5 Å². The number of esters is 1. The predicted molar refractivity (Wildman–Crippen MR) is 151 cm³/mol. The van der Waals surface area contributed by atoms with Crippen LogP contribution in [0.15, 0.2) is 60.7 Å². The Balaban J connectivity index is 2.10. The molecule has 2 amide bonds. The summed E-state index contributed by atoms with van der Waals surface area (Å²) < 4.78 is 16.4. The van der Waals surface area contributed by atoms with Crippen LogP contribution >= 0.6 is 0 Å². The number of hydrogen-bond donors (Lipinski definition) is 2. The van der Waals surface area contributed by atoms with Gasteiger partial charge in [-0.15, -0.1) is 0 Å². The molecular formula is C31H42N2O7. The first-order valence-corrected chi connectivity index (χ1v) is 13.5. The average molecular weight is 555 g/mol. The number of carbonyl (C=O) groups excluding carboxylic acids is 4. The highest BCUT2D eigenvalue weighted by molar-refractivity contribution is 6.03. The van der Waals surface area contributed by atoms with Crippen LogP contribution in [-0.2, 0) is 41.8 Å². The molecule has 0 aliphatic rings. The first-order chi connectivity index (χ1) is 18.9. The van der Waals surface area contributed by atoms with Gasteiger partial charge in [-0.05, 0) is 51.2 Å². The number of ether oxygens (including phenoxy) is 3. The molecule has 0 saturated carbocycles. The van der Waals surface area contributed by atoms with Gasteiger partial charge in [0.2, 0.25) is 5.91 Å². The number of alkyl carbamates (subject to hydrolysis) is 1. The topological polar surface area (TPSA) is 120 Å². The van der Waals surface area contributed by atoms with Crippen LogP contribution < -0.4 is 10.6 Å². The zero-order chi connectivity index (χ0) is 29.7. The van der Waals surface area contributed by atoms with Gasteiger partial charge in [0.25, 0.3) is 0 Å². The van der Waals surface area contributed by atoms with Crippen LogP contribution in [0.4, 0.5) is 4.79 Å². The van der Waals surface area contributed by atoms with Crippen LogP contribution in [0.3, 0.4) is 0 Å². The summed E-state index contributed by atoms with van der Waals surface area (Å²) in [6.07, 6.45) is -0.495. The van der Waals surface area contributed by atoms with E-state index in [9.17, 15) is 19.2 Å². The maximum absolute atomic E-state index is 13.4. The maximum Gasteiger partial charge on any atom is 0.408 e. The number of carbonyl (C=O) groups is 4. The highest BCUT2D eigenvalue weighted by atomic mass is 16.6. The summed E-state index contributed by atoms with van der Waals surface area (Å²) in [4.78, 5) is 51.9. The van der Waals surface area contributed by atoms with E-state index >= 15 is 0 Å². The fraction of sp³-hybridized carbons (Fsp3) is 0.484. The second kappa shape index (κ2) is 15.8. The van der Waals surface area contributed by atoms with Crippen LogP contribution in [0.2, 0.25) is 0 Å². The molecule has 3 atom stereocenters. The zero-order valence-corrected chi connectivity index (χ0v) is 24.3. The van der Waals surface area contributed by atoms with Gasteiger partial charge in [0.1, 0.15) is 24.2 Å². The molecule has 0 saturated heterocycles. The highest BCUT2D eigenvalue weighted by Crippen LogP contribution is 2.14. The number of Topliss-reactive ketones (excluding diaryl/α,β-unsaturated/α-hetero) is 1. The Morgan fingerprint density at radius 2 is 1.32 bits per heavy atom. The standard InChI is InChI=1S/C31H42N2O7/c1-21(2)17-25(27(34)22(3)29(36)39-19-24-15-11-8-12-16-24)32-28(35)26(33-30(37)40-31(4,5)6)20-38-18-23-13-9-7-10-14-23/h7-16,21-22,25-26H,17-20H2,1-6H3,(H,32,35)(H,33,37)/t22?,25-,26-/m0/s1. The molecule has 2 aromatic carbocycles. The third-order valence-corrected chi connectivity index (χ3v) is 5.77. The van der Waals surface area contributed by atoms with Crippen LogP contribution in [0.5, 0.6) is 0 Å². The number of benzene rings is 2. The molecule has 0 bridgehead atoms. The molecule has 2 rings (SSSR count). The summed E-state index contributed by atoms with van der Waals surface area (Å²) >= 11 is 0. The van der Waals surface area contributed by atoms with E-state index in [4.69, 9.17) is 14.2 Å². The smallest absolute Gasteiger partial charge is 0.408 e. The minimum atomic E-state index is -1.14. The van der Waals surface area contributed by atoms with Crippen molar-refractivity contribution in [3.8, 4) is 0 Å². The van der Waals surface area contributed by atoms with Crippen molar-refractivity contribution in [3.63, 3.8) is 0 Å². The molecule has 0 aliphatic carbocycles. The molecule has 0 aliphatic heterocycles. The third-order valence-electron chi connectivity index (χ3n) is 5.77. The lowest BCUT2D eigenvalue weighted by Gasteiger charge is -2.26. The third kappa shape index (κ3) is 12.0. The van der Waals surface area contributed by atoms with E-state index in [0.29, 0.717) is 6.42 Å². The molecule has 9 nitrogen and oxygen atoms in total. The second-order valence-electron chi connectivity index (χ2n) is 11.1. The summed E-state index contributed by atoms with van der Waals surface area (Å²) in [5, 5.41) is 5.27. The van der Waals surface area contributed by atoms with Gasteiger partial charge in [0.15, 0.2) is 5.78 Å². The molecule has 2 N–H and O–H groups in total. The summed E-state index contributed by atoms with van der Waals surface area (Å²) in [6.45, 7) is 10.5. The van der Waals surface area contributed by atoms with Crippen molar-refractivity contribution in [2.24, 2.45) is 11.8 Å². The van der Waals surface area contributed by atoms with E-state index in [0.717, 1.165) is 11.1 Å². The zero-order valence-electron chi connectivity index (χ0n) is 24.3. The Labute approximate surface area is 237 Å². The van der Waals surface area contributed by atoms with E-state index in [1.165, 1.54) is 6.92 Å². The predicted octanol–water partition coefficient (Wildman–Crippen LogP) is 4.58. The molecule has 0 aromatic heterocycles. The maximum atomic E-state index is 13.4. The molecule has 0 fully saturated rings. The van der Waals surface area contributed by atoms with Gasteiger partial charge in [-0.1, -0.05) is 74.5 Å². The van der Waals surface area contributed by atoms with Gasteiger partial charge in [-0.2, -0.15) is 0 Å². The lowest BCUT2D eigenvalue weighted by Crippen LogP contribution is -2.55. The van der Waals surface area contributed by atoms with Crippen LogP contribution in [0.25, 0.3) is 0 Å². The van der Waals surface area contributed by atoms with Gasteiger partial charge in [-0.3, -0.25) is 14.4 Å². The number of hydrogen-bond acceptors (Lipinski definition) is 7. The Hall–Kier alpha value is -3.72. The Morgan fingerprint density at radius 1 is 0.775 bits per heavy atom. The Morgan fingerprint density at radius 3 is 1.85 bits per heavy atom. The van der Waals surface area contributed by atoms with Crippen molar-refractivity contribution in [1.29, 1.82) is 0 Å². The number of ketones is 1. The van der Waals surface area contributed by atoms with Crippen molar-refractivity contribution in [2.45, 2.75) is 78.9 Å². The minimum Gasteiger partial charge on any atom is -0.460 e. The van der Waals surface area contributed by atoms with Crippen LogP contribution in [0.1, 0.15) is 59.1 Å². The van der Waals surface area contributed by atoms with Crippen LogP contribution in [-0.4, -0.2) is 48.0 Å². The molecule has 218 valence electrons. The summed E-state index contributed by atoms with van der Waals surface area (Å²) in [7, 11) is 0. The monoisotopic (exact) mass is 554 g/mol. The van der Waals surface area contributed by atoms with Gasteiger partial charge < -0.3 is 24.8 Å². The molecule has 0 heterocycles. The molecule has 0 radical (unpaired) electrons. The molecule has 9 heteroatoms. The van der Waals surface area contributed by atoms with E-state index < -0.39 is 47.4 Å². The minimum absolute atomic E-state index is 0.0355. The molecule has 2 aromatic rings. The molecule has 40 heavy (non-hydrogen) atoms. The Bertz CT molecular complexity index is 1100. The van der Waals surface area contributed by atoms with Crippen molar-refractivity contribution in [2.75, 3.05) is 6.61 Å². The quantitative estimate of drug-likeness (QED) is 0.259. The fourth-order valence-electron chi connectivity index (χ4n) is 3.76. The van der Waals surface area contributed by atoms with E-state index in [-0.39, 0.29) is 25.7 Å². The normalized spacial score (nSPS) is 13.6. The SMILES string of the molecule is CC(C)C[C@H](NC(=O)[C@H](COCc1ccccc1)NC(=O)OC(C)(C)C)C(=O)C(C)C(=O)OCc1ccccc1. The number of amides is 2. The van der Waals surface area contributed by atoms with Crippen molar-refractivity contribution >= 4 is 23.8 Å². The second-order valence-corrected chi connectivity index (χ2v) is 11.1. The summed E-state index contributed by atoms with van der Waals surface area (Å²) in [6, 6.07) is 16.4. The summed E-state index contributed by atoms with van der Waals surface area (Å²) in [5.41, 5.74) is 0.922. The lowest BCUT2D eigenvalue weighted by atomic mass is 9.93. The van der Waals surface area contributed by atoms with Crippen molar-refractivity contribution < 1.29 is 33.4 Å². The molecule has 0 spiro atoms.